The summed E-state index contributed by atoms with van der Waals surface area (Å²) in [6.45, 7) is 3.50. The minimum atomic E-state index is -0.379. The smallest absolute Gasteiger partial charge is 0.262 e. The first-order chi connectivity index (χ1) is 13.2. The first kappa shape index (κ1) is 19.2. The summed E-state index contributed by atoms with van der Waals surface area (Å²) in [7, 11) is 0. The summed E-state index contributed by atoms with van der Waals surface area (Å²) >= 11 is 6.00. The molecule has 27 heavy (non-hydrogen) atoms. The van der Waals surface area contributed by atoms with E-state index in [9.17, 15) is 10.1 Å². The number of halogens is 1. The van der Waals surface area contributed by atoms with Crippen LogP contribution in [0.15, 0.2) is 46.4 Å². The SMILES string of the molecule is N#C/C(=C/c1ccc(-c2cccc(Cl)c2)o1)C(=O)NCCN1CCCCC1. The fourth-order valence-electron chi connectivity index (χ4n) is 3.12. The van der Waals surface area contributed by atoms with Crippen molar-refractivity contribution in [1.29, 1.82) is 5.26 Å². The third-order valence-corrected chi connectivity index (χ3v) is 4.78. The highest BCUT2D eigenvalue weighted by Crippen LogP contribution is 2.25. The van der Waals surface area contributed by atoms with Crippen LogP contribution in [0.3, 0.4) is 0 Å². The van der Waals surface area contributed by atoms with Crippen LogP contribution in [-0.4, -0.2) is 37.0 Å². The number of hydrogen-bond donors (Lipinski definition) is 1. The summed E-state index contributed by atoms with van der Waals surface area (Å²) in [6, 6.07) is 12.8. The van der Waals surface area contributed by atoms with Crippen molar-refractivity contribution in [2.24, 2.45) is 0 Å². The Morgan fingerprint density at radius 1 is 1.26 bits per heavy atom. The summed E-state index contributed by atoms with van der Waals surface area (Å²) < 4.78 is 5.73. The Kier molecular flexibility index (Phi) is 6.69. The van der Waals surface area contributed by atoms with E-state index in [1.165, 1.54) is 25.3 Å². The molecule has 3 rings (SSSR count). The second-order valence-corrected chi connectivity index (χ2v) is 6.98. The van der Waals surface area contributed by atoms with Crippen LogP contribution in [0.1, 0.15) is 25.0 Å². The lowest BCUT2D eigenvalue weighted by Gasteiger charge is -2.26. The molecule has 1 aliphatic heterocycles. The van der Waals surface area contributed by atoms with Crippen molar-refractivity contribution in [1.82, 2.24) is 10.2 Å². The molecular weight excluding hydrogens is 362 g/mol. The predicted octanol–water partition coefficient (Wildman–Crippen LogP) is 4.11. The third kappa shape index (κ3) is 5.46. The molecule has 1 aromatic heterocycles. The van der Waals surface area contributed by atoms with Gasteiger partial charge in [-0.15, -0.1) is 0 Å². The van der Waals surface area contributed by atoms with Gasteiger partial charge in [0.05, 0.1) is 0 Å². The minimum Gasteiger partial charge on any atom is -0.457 e. The highest BCUT2D eigenvalue weighted by Gasteiger charge is 2.13. The molecule has 0 bridgehead atoms. The Hall–Kier alpha value is -2.55. The number of nitrogens with one attached hydrogen (secondary N) is 1. The number of amides is 1. The third-order valence-electron chi connectivity index (χ3n) is 4.55. The van der Waals surface area contributed by atoms with Crippen LogP contribution in [0.5, 0.6) is 0 Å². The first-order valence-corrected chi connectivity index (χ1v) is 9.51. The molecule has 2 aromatic rings. The van der Waals surface area contributed by atoms with Crippen molar-refractivity contribution >= 4 is 23.6 Å². The fraction of sp³-hybridized carbons (Fsp3) is 0.333. The number of furan rings is 1. The molecule has 1 aliphatic rings. The van der Waals surface area contributed by atoms with E-state index >= 15 is 0 Å². The van der Waals surface area contributed by atoms with E-state index in [4.69, 9.17) is 16.0 Å². The number of likely N-dealkylation sites (tertiary alicyclic amines) is 1. The molecule has 0 atom stereocenters. The number of rotatable bonds is 6. The van der Waals surface area contributed by atoms with Crippen LogP contribution in [0.2, 0.25) is 5.02 Å². The van der Waals surface area contributed by atoms with Crippen molar-refractivity contribution in [2.75, 3.05) is 26.2 Å². The molecule has 1 aromatic carbocycles. The van der Waals surface area contributed by atoms with Crippen LogP contribution in [0.4, 0.5) is 0 Å². The lowest BCUT2D eigenvalue weighted by molar-refractivity contribution is -0.117. The van der Waals surface area contributed by atoms with Gasteiger partial charge in [0.2, 0.25) is 0 Å². The number of nitriles is 1. The predicted molar refractivity (Wildman–Crippen MR) is 106 cm³/mol. The maximum Gasteiger partial charge on any atom is 0.262 e. The largest absolute Gasteiger partial charge is 0.457 e. The highest BCUT2D eigenvalue weighted by atomic mass is 35.5. The number of piperidine rings is 1. The number of nitrogens with zero attached hydrogens (tertiary/aromatic N) is 2. The van der Waals surface area contributed by atoms with E-state index in [1.807, 2.05) is 18.2 Å². The summed E-state index contributed by atoms with van der Waals surface area (Å²) in [5.41, 5.74) is 0.868. The van der Waals surface area contributed by atoms with Crippen LogP contribution in [0.25, 0.3) is 17.4 Å². The number of carbonyl (C=O) groups excluding carboxylic acids is 1. The molecule has 0 unspecified atom stereocenters. The Morgan fingerprint density at radius 2 is 2.07 bits per heavy atom. The average Bonchev–Trinajstić information content (AvgIpc) is 3.15. The van der Waals surface area contributed by atoms with Gasteiger partial charge in [0.25, 0.3) is 5.91 Å². The summed E-state index contributed by atoms with van der Waals surface area (Å²) in [5.74, 6) is 0.703. The normalized spacial score (nSPS) is 15.3. The van der Waals surface area contributed by atoms with Crippen molar-refractivity contribution in [3.63, 3.8) is 0 Å². The van der Waals surface area contributed by atoms with Gasteiger partial charge in [0.15, 0.2) is 0 Å². The molecule has 5 nitrogen and oxygen atoms in total. The van der Waals surface area contributed by atoms with Gasteiger partial charge in [-0.2, -0.15) is 5.26 Å². The second-order valence-electron chi connectivity index (χ2n) is 6.54. The van der Waals surface area contributed by atoms with Crippen molar-refractivity contribution < 1.29 is 9.21 Å². The Balaban J connectivity index is 1.60. The van der Waals surface area contributed by atoms with Gasteiger partial charge in [-0.05, 0) is 50.2 Å². The Bertz CT molecular complexity index is 860. The molecule has 1 saturated heterocycles. The molecule has 1 amide bonds. The van der Waals surface area contributed by atoms with E-state index in [1.54, 1.807) is 24.3 Å². The van der Waals surface area contributed by atoms with Gasteiger partial charge in [0, 0.05) is 29.8 Å². The van der Waals surface area contributed by atoms with Gasteiger partial charge in [-0.25, -0.2) is 0 Å². The van der Waals surface area contributed by atoms with Crippen molar-refractivity contribution in [3.8, 4) is 17.4 Å². The number of hydrogen-bond acceptors (Lipinski definition) is 4. The van der Waals surface area contributed by atoms with Crippen LogP contribution in [-0.2, 0) is 4.79 Å². The Labute approximate surface area is 164 Å². The lowest BCUT2D eigenvalue weighted by atomic mass is 10.1. The molecule has 140 valence electrons. The van der Waals surface area contributed by atoms with E-state index in [-0.39, 0.29) is 11.5 Å². The van der Waals surface area contributed by atoms with Gasteiger partial charge >= 0.3 is 0 Å². The molecule has 0 aliphatic carbocycles. The first-order valence-electron chi connectivity index (χ1n) is 9.14. The van der Waals surface area contributed by atoms with Gasteiger partial charge in [0.1, 0.15) is 23.2 Å². The topological polar surface area (TPSA) is 69.3 Å². The van der Waals surface area contributed by atoms with E-state index in [0.717, 1.165) is 25.2 Å². The van der Waals surface area contributed by atoms with Crippen molar-refractivity contribution in [3.05, 3.63) is 52.8 Å². The van der Waals surface area contributed by atoms with Crippen molar-refractivity contribution in [2.45, 2.75) is 19.3 Å². The molecular formula is C21H22ClN3O2. The fourth-order valence-corrected chi connectivity index (χ4v) is 3.31. The minimum absolute atomic E-state index is 0.0284. The molecule has 1 N–H and O–H groups in total. The zero-order chi connectivity index (χ0) is 19.1. The standard InChI is InChI=1S/C21H22ClN3O2/c22-18-6-4-5-16(13-18)20-8-7-19(27-20)14-17(15-23)21(26)24-9-12-25-10-2-1-3-11-25/h4-8,13-14H,1-3,9-12H2,(H,24,26)/b17-14-. The lowest BCUT2D eigenvalue weighted by Crippen LogP contribution is -2.37. The molecule has 2 heterocycles. The van der Waals surface area contributed by atoms with E-state index < -0.39 is 0 Å². The van der Waals surface area contributed by atoms with Gasteiger partial charge in [-0.1, -0.05) is 30.2 Å². The van der Waals surface area contributed by atoms with Gasteiger partial charge < -0.3 is 14.6 Å². The second kappa shape index (κ2) is 9.40. The molecule has 0 saturated carbocycles. The zero-order valence-corrected chi connectivity index (χ0v) is 15.8. The summed E-state index contributed by atoms with van der Waals surface area (Å²) in [5, 5.41) is 12.8. The van der Waals surface area contributed by atoms with Crippen LogP contribution >= 0.6 is 11.6 Å². The quantitative estimate of drug-likeness (QED) is 0.602. The molecule has 0 radical (unpaired) electrons. The summed E-state index contributed by atoms with van der Waals surface area (Å²) in [6.07, 6.45) is 5.17. The zero-order valence-electron chi connectivity index (χ0n) is 15.1. The average molecular weight is 384 g/mol. The monoisotopic (exact) mass is 383 g/mol. The van der Waals surface area contributed by atoms with E-state index in [0.29, 0.717) is 23.1 Å². The maximum absolute atomic E-state index is 12.3. The van der Waals surface area contributed by atoms with E-state index in [2.05, 4.69) is 10.2 Å². The Morgan fingerprint density at radius 3 is 2.81 bits per heavy atom. The summed E-state index contributed by atoms with van der Waals surface area (Å²) in [4.78, 5) is 14.6. The number of carbonyl (C=O) groups is 1. The highest BCUT2D eigenvalue weighted by molar-refractivity contribution is 6.30. The molecule has 1 fully saturated rings. The molecule has 6 heteroatoms. The van der Waals surface area contributed by atoms with Crippen LogP contribution in [0, 0.1) is 11.3 Å². The maximum atomic E-state index is 12.3. The molecule has 0 spiro atoms. The number of benzene rings is 1. The van der Waals surface area contributed by atoms with Gasteiger partial charge in [-0.3, -0.25) is 4.79 Å². The van der Waals surface area contributed by atoms with Crippen LogP contribution < -0.4 is 5.32 Å².